The number of methoxy groups -OCH3 is 1. The maximum Gasteiger partial charge on any atom is 0.168 e. The Bertz CT molecular complexity index is 569. The van der Waals surface area contributed by atoms with Crippen LogP contribution in [0.3, 0.4) is 0 Å². The molecule has 0 saturated heterocycles. The highest BCUT2D eigenvalue weighted by molar-refractivity contribution is 6.09. The lowest BCUT2D eigenvalue weighted by atomic mass is 9.89. The van der Waals surface area contributed by atoms with E-state index < -0.39 is 0 Å². The van der Waals surface area contributed by atoms with E-state index in [-0.39, 0.29) is 11.7 Å². The Kier molecular flexibility index (Phi) is 3.41. The Balaban J connectivity index is 2.48. The number of rotatable bonds is 4. The Labute approximate surface area is 107 Å². The molecule has 0 spiro atoms. The highest BCUT2D eigenvalue weighted by atomic mass is 16.5. The monoisotopic (exact) mass is 245 g/mol. The van der Waals surface area contributed by atoms with E-state index in [0.29, 0.717) is 5.92 Å². The summed E-state index contributed by atoms with van der Waals surface area (Å²) in [6, 6.07) is 5.73. The first-order valence-corrected chi connectivity index (χ1v) is 6.24. The van der Waals surface area contributed by atoms with Crippen molar-refractivity contribution >= 4 is 16.7 Å². The van der Waals surface area contributed by atoms with Gasteiger partial charge in [0.15, 0.2) is 5.78 Å². The average molecular weight is 245 g/mol. The molecule has 3 heteroatoms. The van der Waals surface area contributed by atoms with Gasteiger partial charge in [-0.1, -0.05) is 20.8 Å². The summed E-state index contributed by atoms with van der Waals surface area (Å²) in [5, 5.41) is 0.937. The van der Waals surface area contributed by atoms with Gasteiger partial charge in [0, 0.05) is 28.6 Å². The molecule has 18 heavy (non-hydrogen) atoms. The molecule has 0 bridgehead atoms. The van der Waals surface area contributed by atoms with Crippen molar-refractivity contribution in [3.05, 3.63) is 30.0 Å². The number of aromatic nitrogens is 1. The van der Waals surface area contributed by atoms with E-state index in [4.69, 9.17) is 4.74 Å². The van der Waals surface area contributed by atoms with Crippen molar-refractivity contribution in [3.8, 4) is 5.75 Å². The molecular weight excluding hydrogens is 226 g/mol. The summed E-state index contributed by atoms with van der Waals surface area (Å²) in [6.07, 6.45) is 1.80. The van der Waals surface area contributed by atoms with Crippen LogP contribution in [0.1, 0.15) is 31.1 Å². The molecule has 0 aliphatic carbocycles. The van der Waals surface area contributed by atoms with Gasteiger partial charge in [-0.25, -0.2) is 0 Å². The first-order chi connectivity index (χ1) is 8.54. The standard InChI is InChI=1S/C15H19NO2/c1-9(2)10(3)15(17)13-8-16-14-6-5-11(18-4)7-12(13)14/h5-10,16H,1-4H3. The summed E-state index contributed by atoms with van der Waals surface area (Å²) in [7, 11) is 1.63. The minimum absolute atomic E-state index is 0.0233. The summed E-state index contributed by atoms with van der Waals surface area (Å²) < 4.78 is 5.21. The Morgan fingerprint density at radius 3 is 2.61 bits per heavy atom. The third-order valence-corrected chi connectivity index (χ3v) is 3.57. The van der Waals surface area contributed by atoms with Crippen LogP contribution in [-0.4, -0.2) is 17.9 Å². The fourth-order valence-electron chi connectivity index (χ4n) is 1.98. The molecule has 2 rings (SSSR count). The summed E-state index contributed by atoms with van der Waals surface area (Å²) >= 11 is 0. The van der Waals surface area contributed by atoms with Crippen LogP contribution in [0.2, 0.25) is 0 Å². The second-order valence-electron chi connectivity index (χ2n) is 5.01. The van der Waals surface area contributed by atoms with Gasteiger partial charge in [-0.15, -0.1) is 0 Å². The number of Topliss-reactive ketones (excluding diaryl/α,β-unsaturated/α-hetero) is 1. The molecule has 1 atom stereocenters. The maximum atomic E-state index is 12.4. The lowest BCUT2D eigenvalue weighted by Gasteiger charge is -2.13. The van der Waals surface area contributed by atoms with Crippen molar-refractivity contribution in [3.63, 3.8) is 0 Å². The fraction of sp³-hybridized carbons (Fsp3) is 0.400. The molecule has 2 aromatic rings. The fourth-order valence-corrected chi connectivity index (χ4v) is 1.98. The second-order valence-corrected chi connectivity index (χ2v) is 5.01. The molecular formula is C15H19NO2. The van der Waals surface area contributed by atoms with Gasteiger partial charge in [0.05, 0.1) is 7.11 Å². The number of nitrogens with one attached hydrogen (secondary N) is 1. The summed E-state index contributed by atoms with van der Waals surface area (Å²) in [5.74, 6) is 1.32. The van der Waals surface area contributed by atoms with Gasteiger partial charge in [0.25, 0.3) is 0 Å². The zero-order valence-electron chi connectivity index (χ0n) is 11.3. The Hall–Kier alpha value is -1.77. The minimum atomic E-state index is 0.0233. The van der Waals surface area contributed by atoms with E-state index in [1.165, 1.54) is 0 Å². The molecule has 0 amide bonds. The molecule has 3 nitrogen and oxygen atoms in total. The van der Waals surface area contributed by atoms with Crippen LogP contribution in [0.15, 0.2) is 24.4 Å². The molecule has 0 aliphatic heterocycles. The van der Waals surface area contributed by atoms with E-state index in [1.807, 2.05) is 25.1 Å². The van der Waals surface area contributed by atoms with Crippen LogP contribution < -0.4 is 4.74 Å². The van der Waals surface area contributed by atoms with Crippen molar-refractivity contribution in [1.82, 2.24) is 4.98 Å². The quantitative estimate of drug-likeness (QED) is 0.835. The first-order valence-electron chi connectivity index (χ1n) is 6.24. The molecule has 0 radical (unpaired) electrons. The predicted molar refractivity (Wildman–Crippen MR) is 73.2 cm³/mol. The Morgan fingerprint density at radius 1 is 1.28 bits per heavy atom. The van der Waals surface area contributed by atoms with Gasteiger partial charge in [0.2, 0.25) is 0 Å². The number of aromatic amines is 1. The summed E-state index contributed by atoms with van der Waals surface area (Å²) in [6.45, 7) is 6.11. The first kappa shape index (κ1) is 12.7. The van der Waals surface area contributed by atoms with Crippen LogP contribution in [0.4, 0.5) is 0 Å². The molecule has 1 aromatic heterocycles. The number of hydrogen-bond acceptors (Lipinski definition) is 2. The number of ketones is 1. The number of hydrogen-bond donors (Lipinski definition) is 1. The number of H-pyrrole nitrogens is 1. The van der Waals surface area contributed by atoms with E-state index in [2.05, 4.69) is 18.8 Å². The molecule has 1 unspecified atom stereocenters. The number of benzene rings is 1. The SMILES string of the molecule is COc1ccc2[nH]cc(C(=O)C(C)C(C)C)c2c1. The second kappa shape index (κ2) is 4.84. The number of fused-ring (bicyclic) bond motifs is 1. The number of carbonyl (C=O) groups is 1. The third kappa shape index (κ3) is 2.13. The van der Waals surface area contributed by atoms with Crippen molar-refractivity contribution in [2.75, 3.05) is 7.11 Å². The van der Waals surface area contributed by atoms with Crippen LogP contribution in [0, 0.1) is 11.8 Å². The van der Waals surface area contributed by atoms with Gasteiger partial charge in [-0.3, -0.25) is 4.79 Å². The van der Waals surface area contributed by atoms with Crippen molar-refractivity contribution in [1.29, 1.82) is 0 Å². The van der Waals surface area contributed by atoms with Gasteiger partial charge in [0.1, 0.15) is 5.75 Å². The van der Waals surface area contributed by atoms with Crippen LogP contribution in [0.25, 0.3) is 10.9 Å². The van der Waals surface area contributed by atoms with Crippen LogP contribution in [0.5, 0.6) is 5.75 Å². The van der Waals surface area contributed by atoms with Crippen LogP contribution in [-0.2, 0) is 0 Å². The number of carbonyl (C=O) groups excluding carboxylic acids is 1. The van der Waals surface area contributed by atoms with Crippen molar-refractivity contribution in [2.45, 2.75) is 20.8 Å². The molecule has 1 heterocycles. The van der Waals surface area contributed by atoms with E-state index in [1.54, 1.807) is 13.3 Å². The van der Waals surface area contributed by atoms with Crippen molar-refractivity contribution in [2.24, 2.45) is 11.8 Å². The highest BCUT2D eigenvalue weighted by Gasteiger charge is 2.21. The van der Waals surface area contributed by atoms with Gasteiger partial charge < -0.3 is 9.72 Å². The molecule has 0 saturated carbocycles. The molecule has 96 valence electrons. The van der Waals surface area contributed by atoms with Crippen molar-refractivity contribution < 1.29 is 9.53 Å². The summed E-state index contributed by atoms with van der Waals surface area (Å²) in [4.78, 5) is 15.5. The molecule has 1 N–H and O–H groups in total. The smallest absolute Gasteiger partial charge is 0.168 e. The minimum Gasteiger partial charge on any atom is -0.497 e. The highest BCUT2D eigenvalue weighted by Crippen LogP contribution is 2.27. The van der Waals surface area contributed by atoms with E-state index in [9.17, 15) is 4.79 Å². The predicted octanol–water partition coefficient (Wildman–Crippen LogP) is 3.65. The lowest BCUT2D eigenvalue weighted by Crippen LogP contribution is -2.16. The normalized spacial score (nSPS) is 12.9. The van der Waals surface area contributed by atoms with Gasteiger partial charge in [-0.2, -0.15) is 0 Å². The van der Waals surface area contributed by atoms with Gasteiger partial charge in [-0.05, 0) is 24.1 Å². The average Bonchev–Trinajstić information content (AvgIpc) is 2.79. The molecule has 1 aromatic carbocycles. The van der Waals surface area contributed by atoms with E-state index in [0.717, 1.165) is 22.2 Å². The lowest BCUT2D eigenvalue weighted by molar-refractivity contribution is 0.0901. The maximum absolute atomic E-state index is 12.4. The number of ether oxygens (including phenoxy) is 1. The Morgan fingerprint density at radius 2 is 2.00 bits per heavy atom. The topological polar surface area (TPSA) is 42.1 Å². The van der Waals surface area contributed by atoms with Crippen LogP contribution >= 0.6 is 0 Å². The molecule has 0 aliphatic rings. The zero-order chi connectivity index (χ0) is 13.3. The largest absolute Gasteiger partial charge is 0.497 e. The van der Waals surface area contributed by atoms with E-state index >= 15 is 0 Å². The molecule has 0 fully saturated rings. The van der Waals surface area contributed by atoms with Gasteiger partial charge >= 0.3 is 0 Å². The zero-order valence-corrected chi connectivity index (χ0v) is 11.3. The summed E-state index contributed by atoms with van der Waals surface area (Å²) in [5.41, 5.74) is 1.72. The third-order valence-electron chi connectivity index (χ3n) is 3.57.